The van der Waals surface area contributed by atoms with Gasteiger partial charge in [0.15, 0.2) is 5.78 Å². The lowest BCUT2D eigenvalue weighted by Crippen LogP contribution is -2.36. The number of methoxy groups -OCH3 is 1. The maximum absolute atomic E-state index is 13.8. The van der Waals surface area contributed by atoms with Crippen LogP contribution in [0.25, 0.3) is 10.1 Å². The van der Waals surface area contributed by atoms with Crippen LogP contribution in [-0.4, -0.2) is 74.2 Å². The van der Waals surface area contributed by atoms with E-state index in [1.807, 2.05) is 6.92 Å². The number of fused-ring (bicyclic) bond motifs is 1. The molecule has 3 heterocycles. The number of carbonyl (C=O) groups is 2. The Morgan fingerprint density at radius 1 is 0.833 bits per heavy atom. The SMILES string of the molecule is CCN1CCC(C(=O)c2ccc(C(F)(F)F)cc2F)CC1.CCN1CCC(c2c(C(=O)OC)sc3cc(C(F)(F)F)ccc23)CC1.CS. The van der Waals surface area contributed by atoms with Crippen molar-refractivity contribution in [3.8, 4) is 0 Å². The molecule has 48 heavy (non-hydrogen) atoms. The maximum atomic E-state index is 13.8. The fraction of sp³-hybridized carbons (Fsp3) is 0.529. The standard InChI is InChI=1S/C18H20F3NO2S.C15H17F4NO.CH4S/c1-3-22-8-6-11(7-9-22)15-13-5-4-12(18(19,20)21)10-14(13)25-16(15)17(23)24-2;1-2-20-7-5-10(6-8-20)14(21)12-4-3-11(9-13(12)16)15(17,18)19;1-2/h4-5,10-11H,3,6-9H2,1-2H3;3-4,9-10H,2,5-8H2,1H3;2H,1H3. The van der Waals surface area contributed by atoms with Gasteiger partial charge in [-0.1, -0.05) is 19.9 Å². The van der Waals surface area contributed by atoms with Gasteiger partial charge in [-0.05, 0) is 118 Å². The van der Waals surface area contributed by atoms with Gasteiger partial charge in [0.2, 0.25) is 0 Å². The van der Waals surface area contributed by atoms with Crippen molar-refractivity contribution < 1.29 is 45.1 Å². The first-order valence-corrected chi connectivity index (χ1v) is 17.4. The Morgan fingerprint density at radius 2 is 1.33 bits per heavy atom. The zero-order valence-corrected chi connectivity index (χ0v) is 29.0. The minimum absolute atomic E-state index is 0.169. The van der Waals surface area contributed by atoms with Crippen LogP contribution in [0.15, 0.2) is 36.4 Å². The van der Waals surface area contributed by atoms with Crippen LogP contribution in [0.5, 0.6) is 0 Å². The summed E-state index contributed by atoms with van der Waals surface area (Å²) in [5, 5.41) is 0.744. The third kappa shape index (κ3) is 9.72. The second kappa shape index (κ2) is 17.3. The van der Waals surface area contributed by atoms with E-state index in [0.29, 0.717) is 28.5 Å². The summed E-state index contributed by atoms with van der Waals surface area (Å²) >= 11 is 4.63. The van der Waals surface area contributed by atoms with Gasteiger partial charge in [0.25, 0.3) is 0 Å². The molecule has 2 aromatic carbocycles. The summed E-state index contributed by atoms with van der Waals surface area (Å²) in [7, 11) is 1.30. The van der Waals surface area contributed by atoms with E-state index in [9.17, 15) is 40.3 Å². The lowest BCUT2D eigenvalue weighted by Gasteiger charge is -2.31. The number of rotatable bonds is 6. The van der Waals surface area contributed by atoms with Crippen molar-refractivity contribution in [2.24, 2.45) is 5.92 Å². The number of likely N-dealkylation sites (tertiary alicyclic amines) is 2. The van der Waals surface area contributed by atoms with Crippen LogP contribution >= 0.6 is 24.0 Å². The number of carbonyl (C=O) groups excluding carboxylic acids is 2. The molecule has 1 aromatic heterocycles. The molecule has 14 heteroatoms. The fourth-order valence-electron chi connectivity index (χ4n) is 6.10. The van der Waals surface area contributed by atoms with Crippen LogP contribution in [0.4, 0.5) is 30.7 Å². The number of alkyl halides is 6. The number of piperidine rings is 2. The van der Waals surface area contributed by atoms with E-state index in [0.717, 1.165) is 98.7 Å². The molecule has 0 radical (unpaired) electrons. The van der Waals surface area contributed by atoms with Crippen molar-refractivity contribution >= 4 is 45.8 Å². The zero-order chi connectivity index (χ0) is 35.8. The second-order valence-corrected chi connectivity index (χ2v) is 12.6. The third-order valence-electron chi connectivity index (χ3n) is 8.84. The van der Waals surface area contributed by atoms with E-state index >= 15 is 0 Å². The van der Waals surface area contributed by atoms with E-state index in [1.54, 1.807) is 6.26 Å². The third-order valence-corrected chi connectivity index (χ3v) is 9.99. The van der Waals surface area contributed by atoms with Gasteiger partial charge >= 0.3 is 18.3 Å². The zero-order valence-electron chi connectivity index (χ0n) is 27.3. The van der Waals surface area contributed by atoms with Crippen LogP contribution in [0, 0.1) is 11.7 Å². The largest absolute Gasteiger partial charge is 0.465 e. The molecule has 3 aromatic rings. The van der Waals surface area contributed by atoms with Gasteiger partial charge in [-0.2, -0.15) is 39.0 Å². The molecule has 0 aliphatic carbocycles. The molecule has 0 spiro atoms. The Kier molecular flexibility index (Phi) is 14.3. The van der Waals surface area contributed by atoms with E-state index in [4.69, 9.17) is 4.74 Å². The van der Waals surface area contributed by atoms with Gasteiger partial charge in [-0.25, -0.2) is 9.18 Å². The molecule has 2 fully saturated rings. The van der Waals surface area contributed by atoms with Crippen LogP contribution in [0.2, 0.25) is 0 Å². The van der Waals surface area contributed by atoms with Crippen molar-refractivity contribution in [2.75, 3.05) is 52.6 Å². The highest BCUT2D eigenvalue weighted by atomic mass is 32.1. The Balaban J connectivity index is 0.000000251. The maximum Gasteiger partial charge on any atom is 0.416 e. The lowest BCUT2D eigenvalue weighted by atomic mass is 9.87. The van der Waals surface area contributed by atoms with Crippen molar-refractivity contribution in [3.63, 3.8) is 0 Å². The lowest BCUT2D eigenvalue weighted by molar-refractivity contribution is -0.138. The van der Waals surface area contributed by atoms with Crippen LogP contribution in [0.3, 0.4) is 0 Å². The minimum Gasteiger partial charge on any atom is -0.465 e. The van der Waals surface area contributed by atoms with Crippen molar-refractivity contribution in [3.05, 3.63) is 69.3 Å². The summed E-state index contributed by atoms with van der Waals surface area (Å²) in [5.41, 5.74) is -1.14. The monoisotopic (exact) mass is 722 g/mol. The fourth-order valence-corrected chi connectivity index (χ4v) is 7.35. The normalized spacial score (nSPS) is 16.9. The molecular formula is C34H41F7N2O3S2. The highest BCUT2D eigenvalue weighted by Crippen LogP contribution is 2.43. The number of hydrogen-bond acceptors (Lipinski definition) is 7. The number of thiophene rings is 1. The Morgan fingerprint density at radius 3 is 1.81 bits per heavy atom. The van der Waals surface area contributed by atoms with Gasteiger partial charge < -0.3 is 14.5 Å². The van der Waals surface area contributed by atoms with Crippen molar-refractivity contribution in [1.29, 1.82) is 0 Å². The molecule has 2 saturated heterocycles. The van der Waals surface area contributed by atoms with Crippen LogP contribution in [-0.2, 0) is 17.1 Å². The number of halogens is 7. The van der Waals surface area contributed by atoms with Crippen molar-refractivity contribution in [1.82, 2.24) is 9.80 Å². The summed E-state index contributed by atoms with van der Waals surface area (Å²) in [6, 6.07) is 5.85. The number of nitrogens with zero attached hydrogens (tertiary/aromatic N) is 2. The Labute approximate surface area is 285 Å². The first kappa shape index (κ1) is 39.8. The van der Waals surface area contributed by atoms with E-state index in [-0.39, 0.29) is 17.4 Å². The summed E-state index contributed by atoms with van der Waals surface area (Å²) in [6.07, 6.45) is -4.28. The summed E-state index contributed by atoms with van der Waals surface area (Å²) < 4.78 is 95.6. The average molecular weight is 723 g/mol. The van der Waals surface area contributed by atoms with E-state index in [2.05, 4.69) is 29.4 Å². The van der Waals surface area contributed by atoms with Gasteiger partial charge in [0.1, 0.15) is 10.7 Å². The Hall–Kier alpha value is -2.68. The molecule has 5 rings (SSSR count). The van der Waals surface area contributed by atoms with E-state index in [1.165, 1.54) is 13.2 Å². The molecule has 5 nitrogen and oxygen atoms in total. The number of ether oxygens (including phenoxy) is 1. The molecule has 266 valence electrons. The number of esters is 1. The second-order valence-electron chi connectivity index (χ2n) is 11.5. The first-order chi connectivity index (χ1) is 22.7. The smallest absolute Gasteiger partial charge is 0.416 e. The molecular weight excluding hydrogens is 682 g/mol. The molecule has 0 bridgehead atoms. The van der Waals surface area contributed by atoms with Gasteiger partial charge in [0.05, 0.1) is 23.8 Å². The number of hydrogen-bond donors (Lipinski definition) is 1. The molecule has 0 saturated carbocycles. The molecule has 0 amide bonds. The minimum atomic E-state index is -4.60. The van der Waals surface area contributed by atoms with Gasteiger partial charge in [-0.15, -0.1) is 11.3 Å². The first-order valence-electron chi connectivity index (χ1n) is 15.7. The van der Waals surface area contributed by atoms with Crippen LogP contribution < -0.4 is 0 Å². The summed E-state index contributed by atoms with van der Waals surface area (Å²) in [5.74, 6) is -2.09. The molecule has 0 atom stereocenters. The van der Waals surface area contributed by atoms with Crippen molar-refractivity contribution in [2.45, 2.75) is 57.8 Å². The highest BCUT2D eigenvalue weighted by Gasteiger charge is 2.34. The van der Waals surface area contributed by atoms with E-state index < -0.39 is 41.0 Å². The number of thiol groups is 1. The predicted molar refractivity (Wildman–Crippen MR) is 178 cm³/mol. The molecule has 2 aliphatic rings. The Bertz CT molecular complexity index is 1530. The molecule has 2 aliphatic heterocycles. The summed E-state index contributed by atoms with van der Waals surface area (Å²) in [4.78, 5) is 29.4. The van der Waals surface area contributed by atoms with Crippen LogP contribution in [0.1, 0.15) is 82.2 Å². The average Bonchev–Trinajstić information content (AvgIpc) is 3.47. The highest BCUT2D eigenvalue weighted by molar-refractivity contribution is 7.79. The number of benzene rings is 2. The molecule has 0 N–H and O–H groups in total. The summed E-state index contributed by atoms with van der Waals surface area (Å²) in [6.45, 7) is 9.39. The molecule has 0 unspecified atom stereocenters. The van der Waals surface area contributed by atoms with Gasteiger partial charge in [0, 0.05) is 10.6 Å². The quantitative estimate of drug-likeness (QED) is 0.119. The number of Topliss-reactive ketones (excluding diaryl/α,β-unsaturated/α-hetero) is 1. The topological polar surface area (TPSA) is 49.9 Å². The van der Waals surface area contributed by atoms with Gasteiger partial charge in [-0.3, -0.25) is 4.79 Å². The number of ketones is 1. The predicted octanol–water partition coefficient (Wildman–Crippen LogP) is 9.21.